The van der Waals surface area contributed by atoms with E-state index in [1.807, 2.05) is 24.7 Å². The molecule has 2 aromatic heterocycles. The molecule has 0 saturated carbocycles. The first kappa shape index (κ1) is 10.8. The molecule has 2 aromatic rings. The van der Waals surface area contributed by atoms with Gasteiger partial charge in [0.1, 0.15) is 0 Å². The maximum Gasteiger partial charge on any atom is 0.0995 e. The molecule has 2 rings (SSSR count). The van der Waals surface area contributed by atoms with Crippen LogP contribution in [0, 0.1) is 6.92 Å². The van der Waals surface area contributed by atoms with Gasteiger partial charge in [0.25, 0.3) is 0 Å². The monoisotopic (exact) mass is 221 g/mol. The van der Waals surface area contributed by atoms with Crippen LogP contribution < -0.4 is 5.73 Å². The lowest BCUT2D eigenvalue weighted by atomic mass is 10.2. The Bertz CT molecular complexity index is 487. The van der Waals surface area contributed by atoms with Gasteiger partial charge in [-0.25, -0.2) is 4.98 Å². The molecule has 0 bridgehead atoms. The van der Waals surface area contributed by atoms with Gasteiger partial charge in [-0.3, -0.25) is 9.25 Å². The Labute approximate surface area is 93.3 Å². The average molecular weight is 221 g/mol. The Kier molecular flexibility index (Phi) is 2.76. The summed E-state index contributed by atoms with van der Waals surface area (Å²) in [4.78, 5) is 4.05. The van der Waals surface area contributed by atoms with Crippen LogP contribution in [0.25, 0.3) is 5.69 Å². The molecular formula is C10H15N5O. The smallest absolute Gasteiger partial charge is 0.0995 e. The van der Waals surface area contributed by atoms with Crippen LogP contribution in [0.2, 0.25) is 0 Å². The van der Waals surface area contributed by atoms with Gasteiger partial charge in [0.05, 0.1) is 42.2 Å². The molecule has 0 spiro atoms. The summed E-state index contributed by atoms with van der Waals surface area (Å²) in [5.74, 6) is 0. The van der Waals surface area contributed by atoms with Crippen LogP contribution in [-0.4, -0.2) is 31.0 Å². The number of aliphatic hydroxyl groups is 1. The topological polar surface area (TPSA) is 81.9 Å². The number of aromatic nitrogens is 4. The number of hydrogen-bond donors (Lipinski definition) is 2. The lowest BCUT2D eigenvalue weighted by Gasteiger charge is -2.11. The molecule has 1 atom stereocenters. The van der Waals surface area contributed by atoms with Crippen molar-refractivity contribution in [3.63, 3.8) is 0 Å². The summed E-state index contributed by atoms with van der Waals surface area (Å²) in [5, 5.41) is 13.3. The second-order valence-corrected chi connectivity index (χ2v) is 3.75. The molecule has 0 fully saturated rings. The van der Waals surface area contributed by atoms with Gasteiger partial charge in [-0.15, -0.1) is 0 Å². The van der Waals surface area contributed by atoms with E-state index in [4.69, 9.17) is 10.8 Å². The predicted octanol–water partition coefficient (Wildman–Crippen LogP) is -0.0937. The van der Waals surface area contributed by atoms with Gasteiger partial charge < -0.3 is 10.8 Å². The molecule has 0 amide bonds. The minimum absolute atomic E-state index is 0.106. The Hall–Kier alpha value is -1.66. The Morgan fingerprint density at radius 1 is 1.56 bits per heavy atom. The summed E-state index contributed by atoms with van der Waals surface area (Å²) in [6.45, 7) is 1.81. The van der Waals surface area contributed by atoms with E-state index in [0.29, 0.717) is 0 Å². The molecule has 0 radical (unpaired) electrons. The van der Waals surface area contributed by atoms with Crippen molar-refractivity contribution in [1.82, 2.24) is 19.3 Å². The van der Waals surface area contributed by atoms with Crippen LogP contribution in [0.15, 0.2) is 18.7 Å². The number of aryl methyl sites for hydroxylation is 2. The first-order valence-electron chi connectivity index (χ1n) is 5.02. The van der Waals surface area contributed by atoms with Gasteiger partial charge in [-0.05, 0) is 6.92 Å². The quantitative estimate of drug-likeness (QED) is 0.758. The highest BCUT2D eigenvalue weighted by Crippen LogP contribution is 2.18. The minimum Gasteiger partial charge on any atom is -0.394 e. The standard InChI is InChI=1S/C10H15N5O/c1-7-10(4-14(2)13-7)15-6-12-3-9(15)8(11)5-16/h3-4,6,8,16H,5,11H2,1-2H3. The maximum absolute atomic E-state index is 9.07. The fraction of sp³-hybridized carbons (Fsp3) is 0.400. The van der Waals surface area contributed by atoms with Crippen molar-refractivity contribution >= 4 is 0 Å². The van der Waals surface area contributed by atoms with Crippen LogP contribution in [0.1, 0.15) is 17.4 Å². The molecule has 6 nitrogen and oxygen atoms in total. The van der Waals surface area contributed by atoms with E-state index >= 15 is 0 Å². The van der Waals surface area contributed by atoms with Gasteiger partial charge in [0, 0.05) is 13.2 Å². The third-order valence-corrected chi connectivity index (χ3v) is 2.49. The van der Waals surface area contributed by atoms with Crippen LogP contribution >= 0.6 is 0 Å². The summed E-state index contributed by atoms with van der Waals surface area (Å²) in [7, 11) is 1.86. The molecule has 2 heterocycles. The first-order valence-corrected chi connectivity index (χ1v) is 5.02. The van der Waals surface area contributed by atoms with E-state index in [9.17, 15) is 0 Å². The number of aliphatic hydroxyl groups excluding tert-OH is 1. The average Bonchev–Trinajstić information content (AvgIpc) is 2.83. The zero-order chi connectivity index (χ0) is 11.7. The number of imidazole rings is 1. The molecule has 0 aromatic carbocycles. The van der Waals surface area contributed by atoms with Crippen molar-refractivity contribution in [2.24, 2.45) is 12.8 Å². The minimum atomic E-state index is -0.429. The zero-order valence-electron chi connectivity index (χ0n) is 9.33. The highest BCUT2D eigenvalue weighted by Gasteiger charge is 2.14. The van der Waals surface area contributed by atoms with Gasteiger partial charge >= 0.3 is 0 Å². The second kappa shape index (κ2) is 4.07. The molecule has 6 heteroatoms. The lowest BCUT2D eigenvalue weighted by Crippen LogP contribution is -2.18. The van der Waals surface area contributed by atoms with Crippen LogP contribution in [0.5, 0.6) is 0 Å². The van der Waals surface area contributed by atoms with Crippen molar-refractivity contribution in [2.75, 3.05) is 6.61 Å². The molecule has 0 aliphatic rings. The van der Waals surface area contributed by atoms with Gasteiger partial charge in [0.15, 0.2) is 0 Å². The summed E-state index contributed by atoms with van der Waals surface area (Å²) in [6.07, 6.45) is 5.23. The zero-order valence-corrected chi connectivity index (χ0v) is 9.33. The number of nitrogens with zero attached hydrogens (tertiary/aromatic N) is 4. The Morgan fingerprint density at radius 2 is 2.31 bits per heavy atom. The molecule has 0 saturated heterocycles. The molecule has 0 aliphatic carbocycles. The molecule has 0 aliphatic heterocycles. The van der Waals surface area contributed by atoms with Gasteiger partial charge in [-0.1, -0.05) is 0 Å². The third-order valence-electron chi connectivity index (χ3n) is 2.49. The van der Waals surface area contributed by atoms with Crippen molar-refractivity contribution in [2.45, 2.75) is 13.0 Å². The molecule has 86 valence electrons. The van der Waals surface area contributed by atoms with Gasteiger partial charge in [-0.2, -0.15) is 5.10 Å². The fourth-order valence-corrected chi connectivity index (χ4v) is 1.70. The van der Waals surface area contributed by atoms with E-state index in [2.05, 4.69) is 10.1 Å². The molecule has 3 N–H and O–H groups in total. The number of rotatable bonds is 3. The van der Waals surface area contributed by atoms with E-state index < -0.39 is 6.04 Å². The SMILES string of the molecule is Cc1nn(C)cc1-n1cncc1C(N)CO. The van der Waals surface area contributed by atoms with E-state index in [0.717, 1.165) is 17.1 Å². The Morgan fingerprint density at radius 3 is 2.88 bits per heavy atom. The third kappa shape index (κ3) is 1.72. The van der Waals surface area contributed by atoms with Crippen LogP contribution in [0.3, 0.4) is 0 Å². The van der Waals surface area contributed by atoms with Crippen LogP contribution in [-0.2, 0) is 7.05 Å². The first-order chi connectivity index (χ1) is 7.63. The maximum atomic E-state index is 9.07. The Balaban J connectivity index is 2.48. The summed E-state index contributed by atoms with van der Waals surface area (Å²) >= 11 is 0. The largest absolute Gasteiger partial charge is 0.394 e. The molecular weight excluding hydrogens is 206 g/mol. The van der Waals surface area contributed by atoms with Crippen LogP contribution in [0.4, 0.5) is 0 Å². The molecule has 1 unspecified atom stereocenters. The number of nitrogens with two attached hydrogens (primary N) is 1. The van der Waals surface area contributed by atoms with Gasteiger partial charge in [0.2, 0.25) is 0 Å². The number of hydrogen-bond acceptors (Lipinski definition) is 4. The predicted molar refractivity (Wildman–Crippen MR) is 59.1 cm³/mol. The summed E-state index contributed by atoms with van der Waals surface area (Å²) in [6, 6.07) is -0.429. The highest BCUT2D eigenvalue weighted by atomic mass is 16.3. The summed E-state index contributed by atoms with van der Waals surface area (Å²) in [5.41, 5.74) is 8.40. The second-order valence-electron chi connectivity index (χ2n) is 3.75. The van der Waals surface area contributed by atoms with E-state index in [1.165, 1.54) is 0 Å². The van der Waals surface area contributed by atoms with E-state index in [1.54, 1.807) is 17.2 Å². The lowest BCUT2D eigenvalue weighted by molar-refractivity contribution is 0.265. The van der Waals surface area contributed by atoms with Crippen molar-refractivity contribution < 1.29 is 5.11 Å². The fourth-order valence-electron chi connectivity index (χ4n) is 1.70. The van der Waals surface area contributed by atoms with Crippen molar-refractivity contribution in [1.29, 1.82) is 0 Å². The molecule has 16 heavy (non-hydrogen) atoms. The summed E-state index contributed by atoms with van der Waals surface area (Å²) < 4.78 is 3.59. The van der Waals surface area contributed by atoms with Crippen molar-refractivity contribution in [3.05, 3.63) is 30.1 Å². The highest BCUT2D eigenvalue weighted by molar-refractivity contribution is 5.36. The van der Waals surface area contributed by atoms with E-state index in [-0.39, 0.29) is 6.61 Å². The normalized spacial score (nSPS) is 13.0. The van der Waals surface area contributed by atoms with Crippen molar-refractivity contribution in [3.8, 4) is 5.69 Å².